The number of aliphatic hydroxyl groups is 1. The Labute approximate surface area is 113 Å². The van der Waals surface area contributed by atoms with Crippen LogP contribution in [0.4, 0.5) is 10.1 Å². The highest BCUT2D eigenvalue weighted by Crippen LogP contribution is 2.16. The minimum atomic E-state index is -0.529. The molecule has 4 nitrogen and oxygen atoms in total. The van der Waals surface area contributed by atoms with E-state index in [2.05, 4.69) is 5.32 Å². The maximum absolute atomic E-state index is 13.8. The van der Waals surface area contributed by atoms with E-state index in [9.17, 15) is 9.18 Å². The van der Waals surface area contributed by atoms with Crippen LogP contribution in [0.25, 0.3) is 0 Å². The van der Waals surface area contributed by atoms with Gasteiger partial charge in [-0.15, -0.1) is 0 Å². The molecule has 0 radical (unpaired) electrons. The summed E-state index contributed by atoms with van der Waals surface area (Å²) in [5, 5.41) is 11.4. The number of hydrogen-bond donors (Lipinski definition) is 2. The lowest BCUT2D eigenvalue weighted by Gasteiger charge is -2.14. The Morgan fingerprint density at radius 3 is 2.68 bits per heavy atom. The Bertz CT molecular complexity index is 435. The summed E-state index contributed by atoms with van der Waals surface area (Å²) < 4.78 is 13.8. The summed E-state index contributed by atoms with van der Waals surface area (Å²) in [6.07, 6.45) is 0.613. The molecule has 0 aliphatic carbocycles. The number of halogens is 1. The summed E-state index contributed by atoms with van der Waals surface area (Å²) in [6.45, 7) is 2.43. The van der Waals surface area contributed by atoms with Gasteiger partial charge in [0.05, 0.1) is 5.56 Å². The number of hydrogen-bond acceptors (Lipinski definition) is 3. The van der Waals surface area contributed by atoms with E-state index < -0.39 is 11.7 Å². The number of aliphatic hydroxyl groups excluding tert-OH is 1. The van der Waals surface area contributed by atoms with Crippen molar-refractivity contribution in [2.75, 3.05) is 32.1 Å². The maximum atomic E-state index is 13.8. The molecule has 1 atom stereocenters. The summed E-state index contributed by atoms with van der Waals surface area (Å²) in [6, 6.07) is 4.53. The largest absolute Gasteiger partial charge is 0.396 e. The first-order chi connectivity index (χ1) is 8.95. The van der Waals surface area contributed by atoms with E-state index in [-0.39, 0.29) is 18.1 Å². The van der Waals surface area contributed by atoms with Crippen LogP contribution in [0.1, 0.15) is 23.7 Å². The van der Waals surface area contributed by atoms with Crippen LogP contribution < -0.4 is 10.2 Å². The Kier molecular flexibility index (Phi) is 5.76. The second-order valence-corrected chi connectivity index (χ2v) is 4.89. The molecule has 0 fully saturated rings. The lowest BCUT2D eigenvalue weighted by atomic mass is 10.1. The molecule has 0 saturated carbocycles. The summed E-state index contributed by atoms with van der Waals surface area (Å²) in [7, 11) is 3.62. The molecular formula is C14H21FN2O2. The highest BCUT2D eigenvalue weighted by Gasteiger charge is 2.13. The van der Waals surface area contributed by atoms with E-state index in [0.29, 0.717) is 18.7 Å². The first-order valence-corrected chi connectivity index (χ1v) is 6.31. The van der Waals surface area contributed by atoms with Crippen molar-refractivity contribution in [3.8, 4) is 0 Å². The Balaban J connectivity index is 2.67. The summed E-state index contributed by atoms with van der Waals surface area (Å²) in [4.78, 5) is 13.6. The second kappa shape index (κ2) is 7.09. The Morgan fingerprint density at radius 1 is 1.47 bits per heavy atom. The molecule has 1 unspecified atom stereocenters. The third-order valence-electron chi connectivity index (χ3n) is 2.95. The molecular weight excluding hydrogens is 247 g/mol. The van der Waals surface area contributed by atoms with E-state index in [0.717, 1.165) is 0 Å². The Hall–Kier alpha value is -1.62. The van der Waals surface area contributed by atoms with Gasteiger partial charge in [0.1, 0.15) is 5.82 Å². The van der Waals surface area contributed by atoms with Crippen LogP contribution in [0.5, 0.6) is 0 Å². The number of nitrogens with one attached hydrogen (secondary N) is 1. The van der Waals surface area contributed by atoms with Crippen molar-refractivity contribution in [1.82, 2.24) is 5.32 Å². The zero-order valence-corrected chi connectivity index (χ0v) is 11.6. The standard InChI is InChI=1S/C14H21FN2O2/c1-10(6-7-18)9-16-14(19)12-5-4-11(17(2)3)8-13(12)15/h4-5,8,10,18H,6-7,9H2,1-3H3,(H,16,19). The smallest absolute Gasteiger partial charge is 0.254 e. The minimum Gasteiger partial charge on any atom is -0.396 e. The molecule has 0 heterocycles. The molecule has 1 rings (SSSR count). The molecule has 0 saturated heterocycles. The number of rotatable bonds is 6. The number of nitrogens with zero attached hydrogens (tertiary/aromatic N) is 1. The predicted octanol–water partition coefficient (Wildman–Crippen LogP) is 1.64. The molecule has 1 aromatic carbocycles. The van der Waals surface area contributed by atoms with Gasteiger partial charge in [-0.05, 0) is 30.5 Å². The van der Waals surface area contributed by atoms with Crippen LogP contribution in [-0.4, -0.2) is 38.3 Å². The summed E-state index contributed by atoms with van der Waals surface area (Å²) in [5.74, 6) is -0.788. The number of carbonyl (C=O) groups excluding carboxylic acids is 1. The lowest BCUT2D eigenvalue weighted by Crippen LogP contribution is -2.29. The molecule has 0 aliphatic heterocycles. The molecule has 0 aliphatic rings. The van der Waals surface area contributed by atoms with Crippen LogP contribution in [0.2, 0.25) is 0 Å². The molecule has 1 amide bonds. The minimum absolute atomic E-state index is 0.0433. The lowest BCUT2D eigenvalue weighted by molar-refractivity contribution is 0.0941. The van der Waals surface area contributed by atoms with Crippen molar-refractivity contribution in [3.63, 3.8) is 0 Å². The van der Waals surface area contributed by atoms with E-state index in [1.165, 1.54) is 12.1 Å². The zero-order chi connectivity index (χ0) is 14.4. The number of benzene rings is 1. The van der Waals surface area contributed by atoms with Crippen molar-refractivity contribution >= 4 is 11.6 Å². The highest BCUT2D eigenvalue weighted by atomic mass is 19.1. The van der Waals surface area contributed by atoms with E-state index in [4.69, 9.17) is 5.11 Å². The molecule has 0 bridgehead atoms. The van der Waals surface area contributed by atoms with Gasteiger partial charge in [-0.2, -0.15) is 0 Å². The van der Waals surface area contributed by atoms with Crippen LogP contribution in [0.15, 0.2) is 18.2 Å². The monoisotopic (exact) mass is 268 g/mol. The van der Waals surface area contributed by atoms with Gasteiger partial charge < -0.3 is 15.3 Å². The average Bonchev–Trinajstić information content (AvgIpc) is 2.36. The quantitative estimate of drug-likeness (QED) is 0.824. The fourth-order valence-electron chi connectivity index (χ4n) is 1.65. The first-order valence-electron chi connectivity index (χ1n) is 6.31. The van der Waals surface area contributed by atoms with E-state index in [1.54, 1.807) is 11.0 Å². The SMILES string of the molecule is CC(CCO)CNC(=O)c1ccc(N(C)C)cc1F. The van der Waals surface area contributed by atoms with Crippen LogP contribution in [0, 0.1) is 11.7 Å². The van der Waals surface area contributed by atoms with Gasteiger partial charge >= 0.3 is 0 Å². The second-order valence-electron chi connectivity index (χ2n) is 4.89. The highest BCUT2D eigenvalue weighted by molar-refractivity contribution is 5.94. The van der Waals surface area contributed by atoms with Crippen LogP contribution in [0.3, 0.4) is 0 Å². The topological polar surface area (TPSA) is 52.6 Å². The normalized spacial score (nSPS) is 12.1. The Morgan fingerprint density at radius 2 is 2.16 bits per heavy atom. The summed E-state index contributed by atoms with van der Waals surface area (Å²) in [5.41, 5.74) is 0.754. The fraction of sp³-hybridized carbons (Fsp3) is 0.500. The number of carbonyl (C=O) groups is 1. The third-order valence-corrected chi connectivity index (χ3v) is 2.95. The molecule has 19 heavy (non-hydrogen) atoms. The maximum Gasteiger partial charge on any atom is 0.254 e. The van der Waals surface area contributed by atoms with Gasteiger partial charge in [0, 0.05) is 32.9 Å². The average molecular weight is 268 g/mol. The number of anilines is 1. The molecule has 106 valence electrons. The van der Waals surface area contributed by atoms with Crippen molar-refractivity contribution < 1.29 is 14.3 Å². The van der Waals surface area contributed by atoms with Crippen molar-refractivity contribution in [2.45, 2.75) is 13.3 Å². The first kappa shape index (κ1) is 15.4. The molecule has 5 heteroatoms. The fourth-order valence-corrected chi connectivity index (χ4v) is 1.65. The van der Waals surface area contributed by atoms with Gasteiger partial charge in [0.2, 0.25) is 0 Å². The van der Waals surface area contributed by atoms with Crippen molar-refractivity contribution in [2.24, 2.45) is 5.92 Å². The molecule has 1 aromatic rings. The van der Waals surface area contributed by atoms with Crippen LogP contribution >= 0.6 is 0 Å². The molecule has 0 aromatic heterocycles. The van der Waals surface area contributed by atoms with Crippen LogP contribution in [-0.2, 0) is 0 Å². The van der Waals surface area contributed by atoms with Crippen molar-refractivity contribution in [3.05, 3.63) is 29.6 Å². The van der Waals surface area contributed by atoms with Gasteiger partial charge in [-0.1, -0.05) is 6.92 Å². The van der Waals surface area contributed by atoms with Gasteiger partial charge in [-0.25, -0.2) is 4.39 Å². The van der Waals surface area contributed by atoms with Crippen molar-refractivity contribution in [1.29, 1.82) is 0 Å². The molecule has 0 spiro atoms. The molecule has 2 N–H and O–H groups in total. The van der Waals surface area contributed by atoms with Gasteiger partial charge in [-0.3, -0.25) is 4.79 Å². The summed E-state index contributed by atoms with van der Waals surface area (Å²) >= 11 is 0. The predicted molar refractivity (Wildman–Crippen MR) is 73.9 cm³/mol. The van der Waals surface area contributed by atoms with E-state index >= 15 is 0 Å². The third kappa shape index (κ3) is 4.52. The van der Waals surface area contributed by atoms with Gasteiger partial charge in [0.25, 0.3) is 5.91 Å². The van der Waals surface area contributed by atoms with E-state index in [1.807, 2.05) is 21.0 Å². The zero-order valence-electron chi connectivity index (χ0n) is 11.6. The number of amides is 1. The van der Waals surface area contributed by atoms with Gasteiger partial charge in [0.15, 0.2) is 0 Å².